The third-order valence-electron chi connectivity index (χ3n) is 2.71. The Balaban J connectivity index is 2.12. The molecular formula is C14H17ClN2O. The van der Waals surface area contributed by atoms with Crippen LogP contribution in [0.1, 0.15) is 26.7 Å². The molecule has 0 atom stereocenters. The highest BCUT2D eigenvalue weighted by atomic mass is 35.5. The maximum Gasteiger partial charge on any atom is 0.226 e. The van der Waals surface area contributed by atoms with E-state index in [4.69, 9.17) is 16.3 Å². The van der Waals surface area contributed by atoms with Crippen molar-refractivity contribution in [1.29, 1.82) is 0 Å². The fraction of sp³-hybridized carbons (Fsp3) is 0.429. The van der Waals surface area contributed by atoms with Crippen molar-refractivity contribution in [1.82, 2.24) is 9.97 Å². The summed E-state index contributed by atoms with van der Waals surface area (Å²) >= 11 is 5.88. The standard InChI is InChI=1S/C14H17ClN2O/c1-10(2)6-5-9-18-13-11-7-3-4-8-12(11)16-14(15)17-13/h3-4,7-8,10H,5-6,9H2,1-2H3. The van der Waals surface area contributed by atoms with E-state index < -0.39 is 0 Å². The summed E-state index contributed by atoms with van der Waals surface area (Å²) in [5.74, 6) is 1.27. The molecule has 18 heavy (non-hydrogen) atoms. The zero-order chi connectivity index (χ0) is 13.0. The van der Waals surface area contributed by atoms with Crippen molar-refractivity contribution < 1.29 is 4.74 Å². The number of para-hydroxylation sites is 1. The summed E-state index contributed by atoms with van der Waals surface area (Å²) in [6, 6.07) is 7.72. The Hall–Kier alpha value is -1.35. The molecule has 0 saturated carbocycles. The van der Waals surface area contributed by atoms with E-state index in [9.17, 15) is 0 Å². The molecule has 0 radical (unpaired) electrons. The lowest BCUT2D eigenvalue weighted by Crippen LogP contribution is -2.02. The van der Waals surface area contributed by atoms with Crippen LogP contribution in [0.4, 0.5) is 0 Å². The first-order valence-electron chi connectivity index (χ1n) is 6.22. The third kappa shape index (κ3) is 3.33. The van der Waals surface area contributed by atoms with Crippen LogP contribution in [0.2, 0.25) is 5.28 Å². The van der Waals surface area contributed by atoms with Gasteiger partial charge in [-0.15, -0.1) is 0 Å². The summed E-state index contributed by atoms with van der Waals surface area (Å²) in [5, 5.41) is 1.14. The maximum absolute atomic E-state index is 5.88. The number of hydrogen-bond donors (Lipinski definition) is 0. The van der Waals surface area contributed by atoms with Crippen LogP contribution >= 0.6 is 11.6 Å². The molecule has 0 spiro atoms. The van der Waals surface area contributed by atoms with Gasteiger partial charge >= 0.3 is 0 Å². The average molecular weight is 265 g/mol. The summed E-state index contributed by atoms with van der Waals surface area (Å²) in [6.45, 7) is 5.07. The zero-order valence-corrected chi connectivity index (χ0v) is 11.4. The normalized spacial score (nSPS) is 11.1. The Labute approximate surface area is 112 Å². The number of aromatic nitrogens is 2. The third-order valence-corrected chi connectivity index (χ3v) is 2.87. The first-order chi connectivity index (χ1) is 8.66. The molecule has 0 unspecified atom stereocenters. The molecule has 0 fully saturated rings. The number of ether oxygens (including phenoxy) is 1. The van der Waals surface area contributed by atoms with Gasteiger partial charge < -0.3 is 4.74 Å². The largest absolute Gasteiger partial charge is 0.477 e. The Kier molecular flexibility index (Phi) is 4.37. The molecule has 1 heterocycles. The first kappa shape index (κ1) is 13.1. The molecule has 1 aromatic heterocycles. The summed E-state index contributed by atoms with van der Waals surface area (Å²) < 4.78 is 5.71. The van der Waals surface area contributed by atoms with Gasteiger partial charge in [0.25, 0.3) is 0 Å². The molecule has 0 aliphatic heterocycles. The van der Waals surface area contributed by atoms with E-state index in [1.54, 1.807) is 0 Å². The molecule has 0 N–H and O–H groups in total. The lowest BCUT2D eigenvalue weighted by molar-refractivity contribution is 0.290. The van der Waals surface area contributed by atoms with Crippen LogP contribution in [0.25, 0.3) is 10.9 Å². The minimum atomic E-state index is 0.229. The predicted molar refractivity (Wildman–Crippen MR) is 74.1 cm³/mol. The lowest BCUT2D eigenvalue weighted by Gasteiger charge is -2.09. The van der Waals surface area contributed by atoms with Gasteiger partial charge in [-0.05, 0) is 42.5 Å². The number of hydrogen-bond acceptors (Lipinski definition) is 3. The van der Waals surface area contributed by atoms with Crippen molar-refractivity contribution in [2.24, 2.45) is 5.92 Å². The number of fused-ring (bicyclic) bond motifs is 1. The van der Waals surface area contributed by atoms with Gasteiger partial charge in [0.1, 0.15) is 0 Å². The van der Waals surface area contributed by atoms with E-state index >= 15 is 0 Å². The number of rotatable bonds is 5. The van der Waals surface area contributed by atoms with Gasteiger partial charge in [-0.3, -0.25) is 0 Å². The molecule has 4 heteroatoms. The molecule has 0 bridgehead atoms. The SMILES string of the molecule is CC(C)CCCOc1nc(Cl)nc2ccccc12. The number of halogens is 1. The van der Waals surface area contributed by atoms with E-state index in [0.29, 0.717) is 18.4 Å². The van der Waals surface area contributed by atoms with Crippen LogP contribution in [-0.2, 0) is 0 Å². The minimum Gasteiger partial charge on any atom is -0.477 e. The van der Waals surface area contributed by atoms with Crippen molar-refractivity contribution in [3.05, 3.63) is 29.5 Å². The number of nitrogens with zero attached hydrogens (tertiary/aromatic N) is 2. The van der Waals surface area contributed by atoms with Crippen molar-refractivity contribution in [3.8, 4) is 5.88 Å². The van der Waals surface area contributed by atoms with Gasteiger partial charge in [0.05, 0.1) is 17.5 Å². The van der Waals surface area contributed by atoms with Crippen molar-refractivity contribution in [2.75, 3.05) is 6.61 Å². The summed E-state index contributed by atoms with van der Waals surface area (Å²) in [5.41, 5.74) is 0.816. The fourth-order valence-corrected chi connectivity index (χ4v) is 1.96. The zero-order valence-electron chi connectivity index (χ0n) is 10.7. The highest BCUT2D eigenvalue weighted by molar-refractivity contribution is 6.28. The molecule has 2 rings (SSSR count). The molecule has 0 amide bonds. The highest BCUT2D eigenvalue weighted by Crippen LogP contribution is 2.23. The lowest BCUT2D eigenvalue weighted by atomic mass is 10.1. The van der Waals surface area contributed by atoms with E-state index in [0.717, 1.165) is 23.7 Å². The van der Waals surface area contributed by atoms with Crippen molar-refractivity contribution >= 4 is 22.5 Å². The summed E-state index contributed by atoms with van der Waals surface area (Å²) in [4.78, 5) is 8.32. The molecule has 96 valence electrons. The average Bonchev–Trinajstić information content (AvgIpc) is 2.34. The quantitative estimate of drug-likeness (QED) is 0.602. The van der Waals surface area contributed by atoms with Gasteiger partial charge in [-0.1, -0.05) is 26.0 Å². The second kappa shape index (κ2) is 6.01. The molecule has 3 nitrogen and oxygen atoms in total. The van der Waals surface area contributed by atoms with Crippen LogP contribution in [0.15, 0.2) is 24.3 Å². The Morgan fingerprint density at radius 1 is 1.22 bits per heavy atom. The topological polar surface area (TPSA) is 35.0 Å². The van der Waals surface area contributed by atoms with Gasteiger partial charge in [0.2, 0.25) is 11.2 Å². The van der Waals surface area contributed by atoms with Gasteiger partial charge in [-0.2, -0.15) is 4.98 Å². The van der Waals surface area contributed by atoms with Crippen molar-refractivity contribution in [2.45, 2.75) is 26.7 Å². The molecule has 2 aromatic rings. The summed E-state index contributed by atoms with van der Waals surface area (Å²) in [7, 11) is 0. The molecule has 0 saturated heterocycles. The van der Waals surface area contributed by atoms with Crippen LogP contribution < -0.4 is 4.74 Å². The van der Waals surface area contributed by atoms with E-state index in [-0.39, 0.29) is 5.28 Å². The van der Waals surface area contributed by atoms with Crippen LogP contribution in [0.3, 0.4) is 0 Å². The smallest absolute Gasteiger partial charge is 0.226 e. The van der Waals surface area contributed by atoms with Crippen LogP contribution in [0, 0.1) is 5.92 Å². The highest BCUT2D eigenvalue weighted by Gasteiger charge is 2.07. The number of benzene rings is 1. The van der Waals surface area contributed by atoms with Crippen LogP contribution in [0.5, 0.6) is 5.88 Å². The van der Waals surface area contributed by atoms with Crippen molar-refractivity contribution in [3.63, 3.8) is 0 Å². The minimum absolute atomic E-state index is 0.229. The summed E-state index contributed by atoms with van der Waals surface area (Å²) in [6.07, 6.45) is 2.17. The van der Waals surface area contributed by atoms with Crippen LogP contribution in [-0.4, -0.2) is 16.6 Å². The molecule has 0 aliphatic rings. The van der Waals surface area contributed by atoms with E-state index in [2.05, 4.69) is 23.8 Å². The molecular weight excluding hydrogens is 248 g/mol. The Bertz CT molecular complexity index is 528. The fourth-order valence-electron chi connectivity index (χ4n) is 1.79. The first-order valence-corrected chi connectivity index (χ1v) is 6.59. The second-order valence-corrected chi connectivity index (χ2v) is 5.04. The predicted octanol–water partition coefficient (Wildman–Crippen LogP) is 4.10. The van der Waals surface area contributed by atoms with Gasteiger partial charge in [0, 0.05) is 0 Å². The van der Waals surface area contributed by atoms with Gasteiger partial charge in [-0.25, -0.2) is 4.98 Å². The van der Waals surface area contributed by atoms with E-state index in [1.807, 2.05) is 24.3 Å². The van der Waals surface area contributed by atoms with Gasteiger partial charge in [0.15, 0.2) is 0 Å². The maximum atomic E-state index is 5.88. The van der Waals surface area contributed by atoms with E-state index in [1.165, 1.54) is 0 Å². The molecule has 1 aromatic carbocycles. The Morgan fingerprint density at radius 2 is 2.00 bits per heavy atom. The second-order valence-electron chi connectivity index (χ2n) is 4.70. The molecule has 0 aliphatic carbocycles. The Morgan fingerprint density at radius 3 is 2.78 bits per heavy atom. The monoisotopic (exact) mass is 264 g/mol.